The van der Waals surface area contributed by atoms with Crippen LogP contribution in [0.25, 0.3) is 17.0 Å². The largest absolute Gasteiger partial charge is 0.346 e. The molecule has 0 bridgehead atoms. The number of nitriles is 1. The Morgan fingerprint density at radius 1 is 1.39 bits per heavy atom. The van der Waals surface area contributed by atoms with Crippen LogP contribution in [0.5, 0.6) is 0 Å². The Bertz CT molecular complexity index is 1060. The summed E-state index contributed by atoms with van der Waals surface area (Å²) < 4.78 is 25.6. The molecule has 2 aromatic rings. The van der Waals surface area contributed by atoms with Gasteiger partial charge in [-0.1, -0.05) is 24.3 Å². The number of hydrogen-bond acceptors (Lipinski definition) is 4. The van der Waals surface area contributed by atoms with Gasteiger partial charge in [-0.3, -0.25) is 4.79 Å². The minimum Gasteiger partial charge on any atom is -0.346 e. The Hall–Kier alpha value is -2.85. The third kappa shape index (κ3) is 4.34. The zero-order chi connectivity index (χ0) is 20.1. The van der Waals surface area contributed by atoms with E-state index in [1.807, 2.05) is 35.0 Å². The Kier molecular flexibility index (Phi) is 6.00. The Balaban J connectivity index is 1.84. The standard InChI is InChI=1S/C21H23N3O3S/c1-2-12-24(18-10-14-28(26,27)16-18)21(25)9-8-17-15-23(13-5-11-22)20-7-4-3-6-19(17)20/h2-4,6-9,15,18H,1,5,10,12-14,16H2. The molecule has 146 valence electrons. The number of sulfone groups is 1. The first-order valence-electron chi connectivity index (χ1n) is 9.20. The van der Waals surface area contributed by atoms with Crippen molar-refractivity contribution in [1.29, 1.82) is 5.26 Å². The van der Waals surface area contributed by atoms with Crippen molar-refractivity contribution in [2.75, 3.05) is 18.1 Å². The van der Waals surface area contributed by atoms with Gasteiger partial charge in [0.05, 0.1) is 24.0 Å². The summed E-state index contributed by atoms with van der Waals surface area (Å²) in [6, 6.07) is 9.68. The van der Waals surface area contributed by atoms with E-state index < -0.39 is 9.84 Å². The molecule has 3 rings (SSSR count). The molecule has 0 radical (unpaired) electrons. The van der Waals surface area contributed by atoms with Gasteiger partial charge in [0.2, 0.25) is 5.91 Å². The molecule has 28 heavy (non-hydrogen) atoms. The van der Waals surface area contributed by atoms with E-state index in [0.29, 0.717) is 25.9 Å². The Morgan fingerprint density at radius 2 is 2.18 bits per heavy atom. The van der Waals surface area contributed by atoms with E-state index in [4.69, 9.17) is 5.26 Å². The van der Waals surface area contributed by atoms with Gasteiger partial charge >= 0.3 is 0 Å². The predicted molar refractivity (Wildman–Crippen MR) is 110 cm³/mol. The molecule has 6 nitrogen and oxygen atoms in total. The van der Waals surface area contributed by atoms with Crippen molar-refractivity contribution in [3.05, 3.63) is 54.8 Å². The van der Waals surface area contributed by atoms with Gasteiger partial charge < -0.3 is 9.47 Å². The quantitative estimate of drug-likeness (QED) is 0.531. The van der Waals surface area contributed by atoms with E-state index in [0.717, 1.165) is 16.5 Å². The summed E-state index contributed by atoms with van der Waals surface area (Å²) in [4.78, 5) is 14.3. The number of nitrogens with zero attached hydrogens (tertiary/aromatic N) is 3. The van der Waals surface area contributed by atoms with Crippen LogP contribution in [0.15, 0.2) is 49.2 Å². The fraction of sp³-hybridized carbons (Fsp3) is 0.333. The van der Waals surface area contributed by atoms with Gasteiger partial charge in [0.1, 0.15) is 0 Å². The van der Waals surface area contributed by atoms with E-state index in [1.165, 1.54) is 6.08 Å². The van der Waals surface area contributed by atoms with Crippen LogP contribution < -0.4 is 0 Å². The van der Waals surface area contributed by atoms with Gasteiger partial charge in [0, 0.05) is 47.9 Å². The first-order chi connectivity index (χ1) is 13.4. The average molecular weight is 398 g/mol. The van der Waals surface area contributed by atoms with Crippen molar-refractivity contribution in [1.82, 2.24) is 9.47 Å². The van der Waals surface area contributed by atoms with Gasteiger partial charge in [0.25, 0.3) is 0 Å². The van der Waals surface area contributed by atoms with Crippen molar-refractivity contribution in [3.63, 3.8) is 0 Å². The fourth-order valence-electron chi connectivity index (χ4n) is 3.60. The summed E-state index contributed by atoms with van der Waals surface area (Å²) in [5.74, 6) is -0.0985. The molecule has 1 amide bonds. The van der Waals surface area contributed by atoms with E-state index in [1.54, 1.807) is 17.1 Å². The average Bonchev–Trinajstić information content (AvgIpc) is 3.22. The highest BCUT2D eigenvalue weighted by atomic mass is 32.2. The summed E-state index contributed by atoms with van der Waals surface area (Å²) in [5, 5.41) is 9.86. The summed E-state index contributed by atoms with van der Waals surface area (Å²) in [7, 11) is -3.08. The lowest BCUT2D eigenvalue weighted by atomic mass is 10.1. The minimum atomic E-state index is -3.08. The SMILES string of the molecule is C=CCN(C(=O)C=Cc1cn(CCC#N)c2ccccc12)C1CCS(=O)(=O)C1. The molecule has 0 aliphatic carbocycles. The van der Waals surface area contributed by atoms with Crippen LogP contribution in [0, 0.1) is 11.3 Å². The number of hydrogen-bond donors (Lipinski definition) is 0. The topological polar surface area (TPSA) is 83.2 Å². The van der Waals surface area contributed by atoms with Crippen LogP contribution in [-0.2, 0) is 21.2 Å². The number of fused-ring (bicyclic) bond motifs is 1. The highest BCUT2D eigenvalue weighted by Crippen LogP contribution is 2.23. The maximum atomic E-state index is 12.8. The van der Waals surface area contributed by atoms with E-state index in [-0.39, 0.29) is 23.5 Å². The van der Waals surface area contributed by atoms with Gasteiger partial charge in [-0.15, -0.1) is 6.58 Å². The second kappa shape index (κ2) is 8.44. The summed E-state index contributed by atoms with van der Waals surface area (Å²) in [6.07, 6.45) is 7.67. The lowest BCUT2D eigenvalue weighted by Crippen LogP contribution is -2.40. The van der Waals surface area contributed by atoms with Crippen molar-refractivity contribution >= 4 is 32.7 Å². The first kappa shape index (κ1) is 19.9. The number of aromatic nitrogens is 1. The number of amides is 1. The maximum absolute atomic E-state index is 12.8. The fourth-order valence-corrected chi connectivity index (χ4v) is 5.33. The van der Waals surface area contributed by atoms with Crippen LogP contribution in [0.2, 0.25) is 0 Å². The molecule has 1 fully saturated rings. The van der Waals surface area contributed by atoms with Crippen molar-refractivity contribution in [2.24, 2.45) is 0 Å². The molecule has 1 atom stereocenters. The molecular weight excluding hydrogens is 374 g/mol. The Morgan fingerprint density at radius 3 is 2.86 bits per heavy atom. The van der Waals surface area contributed by atoms with E-state index in [9.17, 15) is 13.2 Å². The molecule has 0 spiro atoms. The van der Waals surface area contributed by atoms with Crippen LogP contribution in [-0.4, -0.2) is 47.9 Å². The van der Waals surface area contributed by atoms with Crippen LogP contribution in [0.1, 0.15) is 18.4 Å². The third-order valence-corrected chi connectivity index (χ3v) is 6.70. The first-order valence-corrected chi connectivity index (χ1v) is 11.0. The molecule has 1 unspecified atom stereocenters. The highest BCUT2D eigenvalue weighted by Gasteiger charge is 2.33. The van der Waals surface area contributed by atoms with E-state index in [2.05, 4.69) is 12.6 Å². The summed E-state index contributed by atoms with van der Waals surface area (Å²) in [5.41, 5.74) is 1.90. The van der Waals surface area contributed by atoms with Crippen LogP contribution >= 0.6 is 0 Å². The molecule has 7 heteroatoms. The van der Waals surface area contributed by atoms with Crippen LogP contribution in [0.4, 0.5) is 0 Å². The van der Waals surface area contributed by atoms with Gasteiger partial charge in [-0.25, -0.2) is 8.42 Å². The molecule has 2 heterocycles. The van der Waals surface area contributed by atoms with E-state index >= 15 is 0 Å². The number of aryl methyl sites for hydroxylation is 1. The van der Waals surface area contributed by atoms with Crippen LogP contribution in [0.3, 0.4) is 0 Å². The lowest BCUT2D eigenvalue weighted by molar-refractivity contribution is -0.127. The molecule has 1 aromatic carbocycles. The lowest BCUT2D eigenvalue weighted by Gasteiger charge is -2.25. The van der Waals surface area contributed by atoms with Gasteiger partial charge in [-0.05, 0) is 18.6 Å². The molecule has 1 aromatic heterocycles. The van der Waals surface area contributed by atoms with Crippen molar-refractivity contribution in [3.8, 4) is 6.07 Å². The maximum Gasteiger partial charge on any atom is 0.247 e. The molecule has 1 aliphatic rings. The minimum absolute atomic E-state index is 0.00782. The molecule has 0 saturated carbocycles. The Labute approximate surface area is 165 Å². The second-order valence-corrected chi connectivity index (χ2v) is 9.10. The molecule has 0 N–H and O–H groups in total. The monoisotopic (exact) mass is 397 g/mol. The zero-order valence-electron chi connectivity index (χ0n) is 15.6. The van der Waals surface area contributed by atoms with Gasteiger partial charge in [-0.2, -0.15) is 5.26 Å². The smallest absolute Gasteiger partial charge is 0.247 e. The molecule has 1 saturated heterocycles. The molecular formula is C21H23N3O3S. The molecule has 1 aliphatic heterocycles. The number of para-hydroxylation sites is 1. The van der Waals surface area contributed by atoms with Gasteiger partial charge in [0.15, 0.2) is 9.84 Å². The number of carbonyl (C=O) groups is 1. The normalized spacial score (nSPS) is 18.3. The number of rotatable bonds is 7. The van der Waals surface area contributed by atoms with Crippen molar-refractivity contribution < 1.29 is 13.2 Å². The number of carbonyl (C=O) groups excluding carboxylic acids is 1. The summed E-state index contributed by atoms with van der Waals surface area (Å²) in [6.45, 7) is 4.58. The highest BCUT2D eigenvalue weighted by molar-refractivity contribution is 7.91. The number of benzene rings is 1. The third-order valence-electron chi connectivity index (χ3n) is 4.95. The zero-order valence-corrected chi connectivity index (χ0v) is 16.4. The second-order valence-electron chi connectivity index (χ2n) is 6.87. The predicted octanol–water partition coefficient (Wildman–Crippen LogP) is 2.77. The van der Waals surface area contributed by atoms with Crippen molar-refractivity contribution in [2.45, 2.75) is 25.4 Å². The summed E-state index contributed by atoms with van der Waals surface area (Å²) >= 11 is 0.